The van der Waals surface area contributed by atoms with Gasteiger partial charge in [-0.05, 0) is 31.7 Å². The summed E-state index contributed by atoms with van der Waals surface area (Å²) >= 11 is 0. The number of aromatic amines is 1. The fraction of sp³-hybridized carbons (Fsp3) is 0.438. The largest absolute Gasteiger partial charge is 0.334 e. The minimum Gasteiger partial charge on any atom is -0.334 e. The Hall–Kier alpha value is -2.37. The number of hydrogen-bond donors (Lipinski definition) is 2. The van der Waals surface area contributed by atoms with E-state index in [4.69, 9.17) is 0 Å². The summed E-state index contributed by atoms with van der Waals surface area (Å²) in [5.41, 5.74) is 1.10. The molecule has 3 rings (SSSR count). The van der Waals surface area contributed by atoms with Crippen molar-refractivity contribution in [3.8, 4) is 0 Å². The van der Waals surface area contributed by atoms with Gasteiger partial charge >= 0.3 is 6.03 Å². The van der Waals surface area contributed by atoms with E-state index in [-0.39, 0.29) is 12.1 Å². The fourth-order valence-corrected chi connectivity index (χ4v) is 2.83. The summed E-state index contributed by atoms with van der Waals surface area (Å²) in [7, 11) is 0. The molecule has 2 heterocycles. The van der Waals surface area contributed by atoms with Gasteiger partial charge in [0.25, 0.3) is 0 Å². The third-order valence-corrected chi connectivity index (χ3v) is 3.96. The van der Waals surface area contributed by atoms with Crippen LogP contribution in [-0.2, 0) is 6.54 Å². The second-order valence-corrected chi connectivity index (χ2v) is 5.63. The van der Waals surface area contributed by atoms with E-state index >= 15 is 0 Å². The third-order valence-electron chi connectivity index (χ3n) is 3.96. The van der Waals surface area contributed by atoms with Crippen LogP contribution in [0, 0.1) is 6.92 Å². The van der Waals surface area contributed by atoms with Crippen LogP contribution in [0.3, 0.4) is 0 Å². The first-order valence-corrected chi connectivity index (χ1v) is 7.71. The molecule has 6 nitrogen and oxygen atoms in total. The minimum absolute atomic E-state index is 0.0329. The van der Waals surface area contributed by atoms with Crippen molar-refractivity contribution in [2.45, 2.75) is 38.8 Å². The summed E-state index contributed by atoms with van der Waals surface area (Å²) in [6.07, 6.45) is 3.04. The summed E-state index contributed by atoms with van der Waals surface area (Å²) < 4.78 is 0. The lowest BCUT2D eigenvalue weighted by Crippen LogP contribution is -2.44. The number of amides is 2. The number of nitrogens with one attached hydrogen (secondary N) is 2. The predicted molar refractivity (Wildman–Crippen MR) is 83.1 cm³/mol. The summed E-state index contributed by atoms with van der Waals surface area (Å²) in [6.45, 7) is 3.16. The Morgan fingerprint density at radius 2 is 2.18 bits per heavy atom. The zero-order valence-corrected chi connectivity index (χ0v) is 12.7. The van der Waals surface area contributed by atoms with Crippen LogP contribution in [0.2, 0.25) is 0 Å². The molecule has 116 valence electrons. The van der Waals surface area contributed by atoms with E-state index in [2.05, 4.69) is 20.5 Å². The highest BCUT2D eigenvalue weighted by molar-refractivity contribution is 5.74. The van der Waals surface area contributed by atoms with Gasteiger partial charge in [0.1, 0.15) is 5.82 Å². The molecule has 6 heteroatoms. The molecule has 1 aliphatic rings. The molecule has 1 unspecified atom stereocenters. The molecule has 1 aromatic carbocycles. The van der Waals surface area contributed by atoms with Crippen LogP contribution in [0.25, 0.3) is 0 Å². The molecule has 1 atom stereocenters. The number of likely N-dealkylation sites (tertiary alicyclic amines) is 1. The van der Waals surface area contributed by atoms with Crippen LogP contribution < -0.4 is 5.32 Å². The van der Waals surface area contributed by atoms with Gasteiger partial charge in [0.05, 0.1) is 6.04 Å². The van der Waals surface area contributed by atoms with Gasteiger partial charge in [-0.25, -0.2) is 9.78 Å². The van der Waals surface area contributed by atoms with E-state index in [1.165, 1.54) is 0 Å². The summed E-state index contributed by atoms with van der Waals surface area (Å²) in [5, 5.41) is 10.1. The first-order valence-electron chi connectivity index (χ1n) is 7.71. The van der Waals surface area contributed by atoms with E-state index in [0.717, 1.165) is 37.2 Å². The molecule has 1 aromatic heterocycles. The van der Waals surface area contributed by atoms with Gasteiger partial charge in [0.15, 0.2) is 5.82 Å². The van der Waals surface area contributed by atoms with Crippen molar-refractivity contribution in [1.82, 2.24) is 25.4 Å². The van der Waals surface area contributed by atoms with Gasteiger partial charge in [0.2, 0.25) is 0 Å². The number of benzene rings is 1. The minimum atomic E-state index is -0.0454. The quantitative estimate of drug-likeness (QED) is 0.914. The molecule has 0 radical (unpaired) electrons. The van der Waals surface area contributed by atoms with E-state index in [0.29, 0.717) is 12.4 Å². The Kier molecular flexibility index (Phi) is 4.37. The smallest absolute Gasteiger partial charge is 0.318 e. The Labute approximate surface area is 129 Å². The second-order valence-electron chi connectivity index (χ2n) is 5.63. The molecular formula is C16H21N5O. The summed E-state index contributed by atoms with van der Waals surface area (Å²) in [6, 6.07) is 9.85. The number of H-pyrrole nitrogens is 1. The Balaban J connectivity index is 1.66. The highest BCUT2D eigenvalue weighted by Gasteiger charge is 2.30. The van der Waals surface area contributed by atoms with E-state index in [9.17, 15) is 4.79 Å². The highest BCUT2D eigenvalue weighted by Crippen LogP contribution is 2.28. The molecule has 0 saturated carbocycles. The number of rotatable bonds is 3. The van der Waals surface area contributed by atoms with Crippen LogP contribution in [-0.4, -0.2) is 32.7 Å². The summed E-state index contributed by atoms with van der Waals surface area (Å²) in [4.78, 5) is 18.8. The average Bonchev–Trinajstić information content (AvgIpc) is 3.00. The number of aryl methyl sites for hydroxylation is 1. The molecular weight excluding hydrogens is 278 g/mol. The number of carbonyl (C=O) groups excluding carboxylic acids is 1. The van der Waals surface area contributed by atoms with Gasteiger partial charge in [-0.1, -0.05) is 30.3 Å². The van der Waals surface area contributed by atoms with Gasteiger partial charge in [-0.3, -0.25) is 5.10 Å². The van der Waals surface area contributed by atoms with Crippen molar-refractivity contribution in [3.63, 3.8) is 0 Å². The monoisotopic (exact) mass is 299 g/mol. The molecule has 1 aliphatic heterocycles. The first kappa shape index (κ1) is 14.6. The molecule has 2 aromatic rings. The molecule has 1 fully saturated rings. The van der Waals surface area contributed by atoms with Crippen LogP contribution >= 0.6 is 0 Å². The lowest BCUT2D eigenvalue weighted by Gasteiger charge is -2.34. The van der Waals surface area contributed by atoms with Crippen LogP contribution in [0.5, 0.6) is 0 Å². The van der Waals surface area contributed by atoms with Gasteiger partial charge in [-0.15, -0.1) is 0 Å². The highest BCUT2D eigenvalue weighted by atomic mass is 16.2. The number of hydrogen-bond acceptors (Lipinski definition) is 3. The molecule has 0 aliphatic carbocycles. The van der Waals surface area contributed by atoms with Crippen LogP contribution in [0.4, 0.5) is 4.79 Å². The topological polar surface area (TPSA) is 73.9 Å². The molecule has 1 saturated heterocycles. The number of carbonyl (C=O) groups is 1. The van der Waals surface area contributed by atoms with Crippen molar-refractivity contribution in [1.29, 1.82) is 0 Å². The van der Waals surface area contributed by atoms with E-state index < -0.39 is 0 Å². The molecule has 0 spiro atoms. The summed E-state index contributed by atoms with van der Waals surface area (Å²) in [5.74, 6) is 1.50. The number of urea groups is 1. The standard InChI is InChI=1S/C16H21N5O/c1-12-18-15(20-19-12)14-9-5-6-10-21(14)16(22)17-11-13-7-3-2-4-8-13/h2-4,7-8,14H,5-6,9-11H2,1H3,(H,17,22)(H,18,19,20). The number of nitrogens with zero attached hydrogens (tertiary/aromatic N) is 3. The molecule has 2 amide bonds. The third kappa shape index (κ3) is 3.27. The Bertz CT molecular complexity index is 624. The first-order chi connectivity index (χ1) is 10.7. The van der Waals surface area contributed by atoms with Crippen LogP contribution in [0.15, 0.2) is 30.3 Å². The molecule has 2 N–H and O–H groups in total. The SMILES string of the molecule is Cc1nc(C2CCCCN2C(=O)NCc2ccccc2)n[nH]1. The lowest BCUT2D eigenvalue weighted by molar-refractivity contribution is 0.147. The normalized spacial score (nSPS) is 18.2. The maximum Gasteiger partial charge on any atom is 0.318 e. The number of piperidine rings is 1. The fourth-order valence-electron chi connectivity index (χ4n) is 2.83. The second kappa shape index (κ2) is 6.60. The maximum atomic E-state index is 12.5. The van der Waals surface area contributed by atoms with Crippen molar-refractivity contribution >= 4 is 6.03 Å². The van der Waals surface area contributed by atoms with Crippen molar-refractivity contribution < 1.29 is 4.79 Å². The Morgan fingerprint density at radius 3 is 2.91 bits per heavy atom. The maximum absolute atomic E-state index is 12.5. The molecule has 22 heavy (non-hydrogen) atoms. The predicted octanol–water partition coefficient (Wildman–Crippen LogP) is 2.55. The zero-order chi connectivity index (χ0) is 15.4. The van der Waals surface area contributed by atoms with Gasteiger partial charge < -0.3 is 10.2 Å². The van der Waals surface area contributed by atoms with Crippen molar-refractivity contribution in [2.75, 3.05) is 6.54 Å². The van der Waals surface area contributed by atoms with Gasteiger partial charge in [-0.2, -0.15) is 5.10 Å². The lowest BCUT2D eigenvalue weighted by atomic mass is 10.0. The van der Waals surface area contributed by atoms with Crippen molar-refractivity contribution in [2.24, 2.45) is 0 Å². The Morgan fingerprint density at radius 1 is 1.36 bits per heavy atom. The van der Waals surface area contributed by atoms with Gasteiger partial charge in [0, 0.05) is 13.1 Å². The molecule has 0 bridgehead atoms. The van der Waals surface area contributed by atoms with Crippen molar-refractivity contribution in [3.05, 3.63) is 47.5 Å². The average molecular weight is 299 g/mol. The van der Waals surface area contributed by atoms with E-state index in [1.54, 1.807) is 0 Å². The van der Waals surface area contributed by atoms with E-state index in [1.807, 2.05) is 42.2 Å². The van der Waals surface area contributed by atoms with Crippen LogP contribution in [0.1, 0.15) is 42.5 Å². The zero-order valence-electron chi connectivity index (χ0n) is 12.7. The number of aromatic nitrogens is 3.